The first-order valence-electron chi connectivity index (χ1n) is 7.10. The third-order valence-electron chi connectivity index (χ3n) is 2.82. The average Bonchev–Trinajstić information content (AvgIpc) is 2.49. The summed E-state index contributed by atoms with van der Waals surface area (Å²) in [4.78, 5) is 26.2. The van der Waals surface area contributed by atoms with Gasteiger partial charge in [-0.15, -0.1) is 0 Å². The van der Waals surface area contributed by atoms with Crippen molar-refractivity contribution in [2.75, 3.05) is 10.6 Å². The van der Waals surface area contributed by atoms with Crippen LogP contribution in [0, 0.1) is 0 Å². The number of pyridine rings is 1. The van der Waals surface area contributed by atoms with E-state index in [0.717, 1.165) is 6.42 Å². The molecule has 0 atom stereocenters. The lowest BCUT2D eigenvalue weighted by molar-refractivity contribution is -0.116. The summed E-state index contributed by atoms with van der Waals surface area (Å²) in [5.74, 6) is 1.38. The zero-order valence-electron chi connectivity index (χ0n) is 12.6. The molecule has 2 amide bonds. The summed E-state index contributed by atoms with van der Waals surface area (Å²) in [5.41, 5.74) is 0.451. The molecule has 0 radical (unpaired) electrons. The van der Waals surface area contributed by atoms with E-state index in [9.17, 15) is 9.59 Å². The van der Waals surface area contributed by atoms with Gasteiger partial charge in [0, 0.05) is 24.4 Å². The second kappa shape index (κ2) is 7.79. The SMILES string of the molecule is CCCC(=O)Nc1cc(Oc2ccc(NC(=O)O)cc2)ccn1. The van der Waals surface area contributed by atoms with E-state index in [2.05, 4.69) is 15.6 Å². The van der Waals surface area contributed by atoms with Crippen molar-refractivity contribution >= 4 is 23.5 Å². The summed E-state index contributed by atoms with van der Waals surface area (Å²) >= 11 is 0. The highest BCUT2D eigenvalue weighted by Crippen LogP contribution is 2.24. The lowest BCUT2D eigenvalue weighted by Crippen LogP contribution is -2.11. The van der Waals surface area contributed by atoms with Crippen molar-refractivity contribution in [3.63, 3.8) is 0 Å². The number of rotatable bonds is 6. The molecule has 0 fully saturated rings. The number of ether oxygens (including phenoxy) is 1. The van der Waals surface area contributed by atoms with E-state index in [0.29, 0.717) is 29.4 Å². The van der Waals surface area contributed by atoms with Crippen molar-refractivity contribution in [3.05, 3.63) is 42.6 Å². The number of hydrogen-bond acceptors (Lipinski definition) is 4. The van der Waals surface area contributed by atoms with E-state index >= 15 is 0 Å². The molecule has 1 aromatic carbocycles. The van der Waals surface area contributed by atoms with E-state index in [1.54, 1.807) is 36.4 Å². The topological polar surface area (TPSA) is 101 Å². The Labute approximate surface area is 133 Å². The van der Waals surface area contributed by atoms with Crippen LogP contribution in [0.5, 0.6) is 11.5 Å². The number of nitrogens with one attached hydrogen (secondary N) is 2. The van der Waals surface area contributed by atoms with Gasteiger partial charge in [0.05, 0.1) is 0 Å². The molecule has 7 heteroatoms. The molecule has 2 rings (SSSR count). The zero-order chi connectivity index (χ0) is 16.7. The van der Waals surface area contributed by atoms with Crippen molar-refractivity contribution in [2.24, 2.45) is 0 Å². The molecule has 23 heavy (non-hydrogen) atoms. The second-order valence-corrected chi connectivity index (χ2v) is 4.73. The molecule has 3 N–H and O–H groups in total. The maximum absolute atomic E-state index is 11.6. The van der Waals surface area contributed by atoms with Crippen LogP contribution in [-0.2, 0) is 4.79 Å². The van der Waals surface area contributed by atoms with Gasteiger partial charge in [0.1, 0.15) is 17.3 Å². The Morgan fingerprint density at radius 1 is 1.13 bits per heavy atom. The fourth-order valence-electron chi connectivity index (χ4n) is 1.84. The molecule has 2 aromatic rings. The molecular weight excluding hydrogens is 298 g/mol. The first kappa shape index (κ1) is 16.3. The summed E-state index contributed by atoms with van der Waals surface area (Å²) in [6.07, 6.45) is 1.61. The lowest BCUT2D eigenvalue weighted by atomic mass is 10.3. The highest BCUT2D eigenvalue weighted by molar-refractivity contribution is 5.89. The lowest BCUT2D eigenvalue weighted by Gasteiger charge is -2.08. The summed E-state index contributed by atoms with van der Waals surface area (Å²) in [7, 11) is 0. The molecule has 120 valence electrons. The molecule has 1 heterocycles. The monoisotopic (exact) mass is 315 g/mol. The van der Waals surface area contributed by atoms with Crippen molar-refractivity contribution in [3.8, 4) is 11.5 Å². The van der Waals surface area contributed by atoms with E-state index in [4.69, 9.17) is 9.84 Å². The number of carbonyl (C=O) groups is 2. The van der Waals surface area contributed by atoms with Gasteiger partial charge in [0.15, 0.2) is 0 Å². The Bertz CT molecular complexity index is 686. The Kier molecular flexibility index (Phi) is 5.51. The minimum absolute atomic E-state index is 0.0961. The molecule has 0 saturated carbocycles. The molecule has 1 aromatic heterocycles. The number of carboxylic acid groups (broad SMARTS) is 1. The minimum Gasteiger partial charge on any atom is -0.465 e. The minimum atomic E-state index is -1.12. The Morgan fingerprint density at radius 2 is 1.87 bits per heavy atom. The molecule has 0 spiro atoms. The number of benzene rings is 1. The van der Waals surface area contributed by atoms with E-state index in [1.807, 2.05) is 6.92 Å². The number of hydrogen-bond donors (Lipinski definition) is 3. The number of aromatic nitrogens is 1. The van der Waals surface area contributed by atoms with Crippen LogP contribution < -0.4 is 15.4 Å². The first-order chi connectivity index (χ1) is 11.1. The number of anilines is 2. The summed E-state index contributed by atoms with van der Waals surface area (Å²) < 4.78 is 5.65. The van der Waals surface area contributed by atoms with Crippen molar-refractivity contribution < 1.29 is 19.4 Å². The Morgan fingerprint density at radius 3 is 2.52 bits per heavy atom. The van der Waals surface area contributed by atoms with Gasteiger partial charge in [-0.1, -0.05) is 6.92 Å². The van der Waals surface area contributed by atoms with Crippen LogP contribution in [0.25, 0.3) is 0 Å². The third kappa shape index (κ3) is 5.31. The van der Waals surface area contributed by atoms with Crippen LogP contribution in [0.15, 0.2) is 42.6 Å². The van der Waals surface area contributed by atoms with E-state index in [1.165, 1.54) is 6.20 Å². The van der Waals surface area contributed by atoms with Crippen LogP contribution in [-0.4, -0.2) is 22.1 Å². The Balaban J connectivity index is 2.02. The largest absolute Gasteiger partial charge is 0.465 e. The van der Waals surface area contributed by atoms with Crippen LogP contribution in [0.2, 0.25) is 0 Å². The fourth-order valence-corrected chi connectivity index (χ4v) is 1.84. The average molecular weight is 315 g/mol. The van der Waals surface area contributed by atoms with Gasteiger partial charge in [-0.2, -0.15) is 0 Å². The third-order valence-corrected chi connectivity index (χ3v) is 2.82. The predicted molar refractivity (Wildman–Crippen MR) is 85.9 cm³/mol. The second-order valence-electron chi connectivity index (χ2n) is 4.73. The van der Waals surface area contributed by atoms with Gasteiger partial charge in [-0.25, -0.2) is 9.78 Å². The molecule has 0 saturated heterocycles. The molecule has 7 nitrogen and oxygen atoms in total. The van der Waals surface area contributed by atoms with Crippen LogP contribution in [0.4, 0.5) is 16.3 Å². The number of amides is 2. The van der Waals surface area contributed by atoms with Crippen LogP contribution in [0.3, 0.4) is 0 Å². The van der Waals surface area contributed by atoms with E-state index < -0.39 is 6.09 Å². The van der Waals surface area contributed by atoms with Gasteiger partial charge in [0.2, 0.25) is 5.91 Å². The standard InChI is InChI=1S/C16H17N3O4/c1-2-3-15(20)19-14-10-13(8-9-17-14)23-12-6-4-11(5-7-12)18-16(21)22/h4-10,18H,2-3H2,1H3,(H,21,22)(H,17,19,20). The molecule has 0 unspecified atom stereocenters. The Hall–Kier alpha value is -3.09. The van der Waals surface area contributed by atoms with Crippen molar-refractivity contribution in [1.29, 1.82) is 0 Å². The van der Waals surface area contributed by atoms with Crippen LogP contribution in [0.1, 0.15) is 19.8 Å². The zero-order valence-corrected chi connectivity index (χ0v) is 12.6. The van der Waals surface area contributed by atoms with Gasteiger partial charge >= 0.3 is 6.09 Å². The van der Waals surface area contributed by atoms with Crippen molar-refractivity contribution in [2.45, 2.75) is 19.8 Å². The van der Waals surface area contributed by atoms with Gasteiger partial charge in [-0.05, 0) is 36.8 Å². The molecule has 0 aliphatic carbocycles. The summed E-state index contributed by atoms with van der Waals surface area (Å²) in [6, 6.07) is 9.75. The number of carbonyl (C=O) groups excluding carboxylic acids is 1. The number of nitrogens with zero attached hydrogens (tertiary/aromatic N) is 1. The molecular formula is C16H17N3O4. The maximum atomic E-state index is 11.6. The van der Waals surface area contributed by atoms with Gasteiger partial charge < -0.3 is 15.2 Å². The molecule has 0 bridgehead atoms. The van der Waals surface area contributed by atoms with Gasteiger partial charge in [0.25, 0.3) is 0 Å². The van der Waals surface area contributed by atoms with Crippen LogP contribution >= 0.6 is 0 Å². The van der Waals surface area contributed by atoms with Crippen molar-refractivity contribution in [1.82, 2.24) is 4.98 Å². The maximum Gasteiger partial charge on any atom is 0.409 e. The van der Waals surface area contributed by atoms with E-state index in [-0.39, 0.29) is 5.91 Å². The quantitative estimate of drug-likeness (QED) is 0.754. The first-order valence-corrected chi connectivity index (χ1v) is 7.10. The molecule has 0 aliphatic rings. The normalized spacial score (nSPS) is 9.96. The summed E-state index contributed by atoms with van der Waals surface area (Å²) in [6.45, 7) is 1.93. The van der Waals surface area contributed by atoms with Gasteiger partial charge in [-0.3, -0.25) is 10.1 Å². The smallest absolute Gasteiger partial charge is 0.409 e. The predicted octanol–water partition coefficient (Wildman–Crippen LogP) is 3.70. The molecule has 0 aliphatic heterocycles. The summed E-state index contributed by atoms with van der Waals surface area (Å²) in [5, 5.41) is 13.6. The highest BCUT2D eigenvalue weighted by Gasteiger charge is 2.05. The highest BCUT2D eigenvalue weighted by atomic mass is 16.5. The fraction of sp³-hybridized carbons (Fsp3) is 0.188.